The van der Waals surface area contributed by atoms with Crippen LogP contribution in [-0.4, -0.2) is 17.8 Å². The van der Waals surface area contributed by atoms with Crippen molar-refractivity contribution in [2.45, 2.75) is 96.8 Å². The number of esters is 1. The van der Waals surface area contributed by atoms with Crippen LogP contribution in [0.1, 0.15) is 96.8 Å². The molecule has 22 heavy (non-hydrogen) atoms. The van der Waals surface area contributed by atoms with E-state index in [1.807, 2.05) is 0 Å². The molecule has 0 aliphatic rings. The minimum atomic E-state index is -1.04. The summed E-state index contributed by atoms with van der Waals surface area (Å²) in [6.45, 7) is 2.56. The van der Waals surface area contributed by atoms with Crippen LogP contribution in [0, 0.1) is 0 Å². The van der Waals surface area contributed by atoms with Crippen LogP contribution in [-0.2, 0) is 14.3 Å². The highest BCUT2D eigenvalue weighted by atomic mass is 35.5. The summed E-state index contributed by atoms with van der Waals surface area (Å²) in [4.78, 5) is 21.2. The molecule has 0 heterocycles. The molecule has 0 saturated carbocycles. The number of hydrogen-bond acceptors (Lipinski definition) is 3. The van der Waals surface area contributed by atoms with Crippen LogP contribution in [0.25, 0.3) is 0 Å². The summed E-state index contributed by atoms with van der Waals surface area (Å²) in [6, 6.07) is 0. The molecule has 0 radical (unpaired) electrons. The van der Waals surface area contributed by atoms with Gasteiger partial charge in [0.15, 0.2) is 0 Å². The van der Waals surface area contributed by atoms with Crippen LogP contribution in [0.3, 0.4) is 0 Å². The molecule has 0 atom stereocenters. The van der Waals surface area contributed by atoms with E-state index in [0.717, 1.165) is 12.8 Å². The van der Waals surface area contributed by atoms with E-state index in [1.165, 1.54) is 77.0 Å². The van der Waals surface area contributed by atoms with Gasteiger partial charge < -0.3 is 4.74 Å². The Morgan fingerprint density at radius 2 is 1.05 bits per heavy atom. The molecule has 0 bridgehead atoms. The zero-order valence-corrected chi connectivity index (χ0v) is 15.0. The third kappa shape index (κ3) is 15.8. The maximum Gasteiger partial charge on any atom is 0.391 e. The smallest absolute Gasteiger partial charge is 0.391 e. The normalized spacial score (nSPS) is 10.6. The van der Waals surface area contributed by atoms with Gasteiger partial charge in [0.05, 0.1) is 6.61 Å². The van der Waals surface area contributed by atoms with Crippen molar-refractivity contribution in [1.29, 1.82) is 0 Å². The Morgan fingerprint density at radius 1 is 0.682 bits per heavy atom. The fourth-order valence-corrected chi connectivity index (χ4v) is 2.57. The van der Waals surface area contributed by atoms with Crippen molar-refractivity contribution in [2.75, 3.05) is 6.61 Å². The summed E-state index contributed by atoms with van der Waals surface area (Å²) in [5.74, 6) is -0.934. The number of halogens is 1. The van der Waals surface area contributed by atoms with Gasteiger partial charge in [0, 0.05) is 0 Å². The average molecular weight is 333 g/mol. The minimum Gasteiger partial charge on any atom is -0.459 e. The molecule has 0 N–H and O–H groups in total. The van der Waals surface area contributed by atoms with Crippen LogP contribution >= 0.6 is 11.6 Å². The lowest BCUT2D eigenvalue weighted by Gasteiger charge is -2.03. The first-order valence-electron chi connectivity index (χ1n) is 9.05. The molecule has 130 valence electrons. The van der Waals surface area contributed by atoms with Crippen molar-refractivity contribution >= 4 is 22.8 Å². The summed E-state index contributed by atoms with van der Waals surface area (Å²) >= 11 is 4.98. The maximum atomic E-state index is 10.8. The van der Waals surface area contributed by atoms with Gasteiger partial charge in [-0.05, 0) is 18.0 Å². The van der Waals surface area contributed by atoms with Crippen molar-refractivity contribution in [3.63, 3.8) is 0 Å². The number of ether oxygens (including phenoxy) is 1. The summed E-state index contributed by atoms with van der Waals surface area (Å²) < 4.78 is 4.69. The minimum absolute atomic E-state index is 0.301. The molecule has 0 unspecified atom stereocenters. The molecule has 0 amide bonds. The van der Waals surface area contributed by atoms with E-state index < -0.39 is 11.2 Å². The molecule has 3 nitrogen and oxygen atoms in total. The molecular formula is C18H33ClO3. The SMILES string of the molecule is CCCCCCCCCCCCCCCCOC(=O)C(=O)Cl. The average Bonchev–Trinajstić information content (AvgIpc) is 2.50. The second-order valence-electron chi connectivity index (χ2n) is 6.01. The predicted molar refractivity (Wildman–Crippen MR) is 92.1 cm³/mol. The Labute approximate surface area is 141 Å². The van der Waals surface area contributed by atoms with Gasteiger partial charge >= 0.3 is 11.2 Å². The Morgan fingerprint density at radius 3 is 1.41 bits per heavy atom. The third-order valence-electron chi connectivity index (χ3n) is 3.89. The monoisotopic (exact) mass is 332 g/mol. The number of carbonyl (C=O) groups is 2. The number of hydrogen-bond donors (Lipinski definition) is 0. The first kappa shape index (κ1) is 21.4. The lowest BCUT2D eigenvalue weighted by atomic mass is 10.0. The summed E-state index contributed by atoms with van der Waals surface area (Å²) in [6.07, 6.45) is 18.0. The van der Waals surface area contributed by atoms with E-state index in [-0.39, 0.29) is 0 Å². The lowest BCUT2D eigenvalue weighted by molar-refractivity contribution is -0.150. The second kappa shape index (κ2) is 16.8. The zero-order valence-electron chi connectivity index (χ0n) is 14.2. The second-order valence-corrected chi connectivity index (χ2v) is 6.35. The zero-order chi connectivity index (χ0) is 16.5. The van der Waals surface area contributed by atoms with Gasteiger partial charge in [-0.1, -0.05) is 90.4 Å². The van der Waals surface area contributed by atoms with Crippen LogP contribution in [0.4, 0.5) is 0 Å². The Bertz CT molecular complexity index is 280. The highest BCUT2D eigenvalue weighted by Crippen LogP contribution is 2.12. The summed E-state index contributed by atoms with van der Waals surface area (Å²) in [5.41, 5.74) is 0. The van der Waals surface area contributed by atoms with E-state index in [2.05, 4.69) is 6.92 Å². The van der Waals surface area contributed by atoms with Gasteiger partial charge in [0.25, 0.3) is 0 Å². The van der Waals surface area contributed by atoms with Crippen molar-refractivity contribution < 1.29 is 14.3 Å². The molecule has 0 aromatic carbocycles. The lowest BCUT2D eigenvalue weighted by Crippen LogP contribution is -2.12. The third-order valence-corrected chi connectivity index (χ3v) is 4.05. The first-order valence-corrected chi connectivity index (χ1v) is 9.43. The van der Waals surface area contributed by atoms with E-state index in [0.29, 0.717) is 6.61 Å². The van der Waals surface area contributed by atoms with Gasteiger partial charge in [0.1, 0.15) is 0 Å². The van der Waals surface area contributed by atoms with Crippen LogP contribution in [0.2, 0.25) is 0 Å². The van der Waals surface area contributed by atoms with E-state index in [9.17, 15) is 9.59 Å². The van der Waals surface area contributed by atoms with Gasteiger partial charge in [0.2, 0.25) is 0 Å². The Balaban J connectivity index is 3.05. The van der Waals surface area contributed by atoms with Crippen LogP contribution in [0.15, 0.2) is 0 Å². The summed E-state index contributed by atoms with van der Waals surface area (Å²) in [7, 11) is 0. The molecule has 0 fully saturated rings. The molecule has 0 rings (SSSR count). The topological polar surface area (TPSA) is 43.4 Å². The Kier molecular flexibility index (Phi) is 16.4. The summed E-state index contributed by atoms with van der Waals surface area (Å²) in [5, 5.41) is -1.04. The fourth-order valence-electron chi connectivity index (χ4n) is 2.52. The number of unbranched alkanes of at least 4 members (excludes halogenated alkanes) is 13. The quantitative estimate of drug-likeness (QED) is 0.156. The largest absolute Gasteiger partial charge is 0.459 e. The first-order chi connectivity index (χ1) is 10.7. The standard InChI is InChI=1S/C18H33ClO3/c1-2-3-4-5-6-7-8-9-10-11-12-13-14-15-16-22-18(21)17(19)20/h2-16H2,1H3. The molecule has 0 spiro atoms. The molecule has 0 aliphatic heterocycles. The molecule has 0 saturated heterocycles. The van der Waals surface area contributed by atoms with E-state index in [1.54, 1.807) is 0 Å². The van der Waals surface area contributed by atoms with Crippen molar-refractivity contribution in [2.24, 2.45) is 0 Å². The van der Waals surface area contributed by atoms with Gasteiger partial charge in [-0.2, -0.15) is 0 Å². The highest BCUT2D eigenvalue weighted by Gasteiger charge is 2.10. The predicted octanol–water partition coefficient (Wildman–Crippen LogP) is 5.78. The van der Waals surface area contributed by atoms with Crippen LogP contribution < -0.4 is 0 Å². The molecule has 4 heteroatoms. The molecular weight excluding hydrogens is 300 g/mol. The highest BCUT2D eigenvalue weighted by molar-refractivity contribution is 6.80. The van der Waals surface area contributed by atoms with E-state index in [4.69, 9.17) is 16.3 Å². The number of carbonyl (C=O) groups excluding carboxylic acids is 2. The molecule has 0 aliphatic carbocycles. The van der Waals surface area contributed by atoms with Crippen molar-refractivity contribution in [1.82, 2.24) is 0 Å². The Hall–Kier alpha value is -0.570. The van der Waals surface area contributed by atoms with Gasteiger partial charge in [-0.3, -0.25) is 4.79 Å². The van der Waals surface area contributed by atoms with Crippen molar-refractivity contribution in [3.8, 4) is 0 Å². The molecule has 0 aromatic rings. The number of rotatable bonds is 16. The fraction of sp³-hybridized carbons (Fsp3) is 0.889. The molecule has 0 aromatic heterocycles. The van der Waals surface area contributed by atoms with Crippen molar-refractivity contribution in [3.05, 3.63) is 0 Å². The van der Waals surface area contributed by atoms with Gasteiger partial charge in [-0.25, -0.2) is 4.79 Å². The maximum absolute atomic E-state index is 10.8. The van der Waals surface area contributed by atoms with E-state index >= 15 is 0 Å². The van der Waals surface area contributed by atoms with Crippen LogP contribution in [0.5, 0.6) is 0 Å². The van der Waals surface area contributed by atoms with Gasteiger partial charge in [-0.15, -0.1) is 0 Å².